The molecule has 174 valence electrons. The molecule has 34 heavy (non-hydrogen) atoms. The van der Waals surface area contributed by atoms with E-state index in [4.69, 9.17) is 15.4 Å². The standard InChI is InChI=1S/C26H27N5O3/c27-15-17-3-6-22-20(12-17)21(16-29-22)23(32)2-1-7-30-8-10-31(11-9-30)19-5-4-18-13-25(26(28)33)34-24(18)14-19/h3-6,12-14,16,23,29,32H,1-2,7-11H2,(H2,28,33). The fourth-order valence-corrected chi connectivity index (χ4v) is 4.72. The van der Waals surface area contributed by atoms with Crippen LogP contribution in [0.1, 0.15) is 40.6 Å². The third kappa shape index (κ3) is 4.36. The van der Waals surface area contributed by atoms with Crippen LogP contribution in [-0.2, 0) is 0 Å². The van der Waals surface area contributed by atoms with E-state index in [1.165, 1.54) is 0 Å². The Morgan fingerprint density at radius 2 is 2.00 bits per heavy atom. The molecule has 2 aromatic carbocycles. The van der Waals surface area contributed by atoms with E-state index in [1.54, 1.807) is 12.1 Å². The molecule has 3 heterocycles. The van der Waals surface area contributed by atoms with E-state index in [0.29, 0.717) is 17.6 Å². The van der Waals surface area contributed by atoms with Gasteiger partial charge in [-0.2, -0.15) is 5.26 Å². The summed E-state index contributed by atoms with van der Waals surface area (Å²) in [6.07, 6.45) is 2.84. The van der Waals surface area contributed by atoms with Crippen molar-refractivity contribution < 1.29 is 14.3 Å². The Kier molecular flexibility index (Phi) is 5.97. The van der Waals surface area contributed by atoms with Crippen LogP contribution in [0.3, 0.4) is 0 Å². The molecule has 4 N–H and O–H groups in total. The third-order valence-electron chi connectivity index (χ3n) is 6.64. The van der Waals surface area contributed by atoms with Gasteiger partial charge >= 0.3 is 0 Å². The molecule has 2 aromatic heterocycles. The number of anilines is 1. The van der Waals surface area contributed by atoms with Gasteiger partial charge in [0.05, 0.1) is 17.7 Å². The Morgan fingerprint density at radius 1 is 1.18 bits per heavy atom. The Balaban J connectivity index is 1.13. The normalized spacial score (nSPS) is 15.6. The van der Waals surface area contributed by atoms with Crippen LogP contribution in [0.25, 0.3) is 21.9 Å². The summed E-state index contributed by atoms with van der Waals surface area (Å²) in [6.45, 7) is 4.61. The van der Waals surface area contributed by atoms with Crippen LogP contribution >= 0.6 is 0 Å². The highest BCUT2D eigenvalue weighted by molar-refractivity contribution is 5.95. The van der Waals surface area contributed by atoms with E-state index in [0.717, 1.165) is 66.7 Å². The average Bonchev–Trinajstić information content (AvgIpc) is 3.48. The SMILES string of the molecule is N#Cc1ccc2[nH]cc(C(O)CCCN3CCN(c4ccc5cc(C(N)=O)oc5c4)CC3)c2c1. The van der Waals surface area contributed by atoms with Crippen LogP contribution in [0.5, 0.6) is 0 Å². The summed E-state index contributed by atoms with van der Waals surface area (Å²) in [7, 11) is 0. The molecule has 0 aliphatic carbocycles. The van der Waals surface area contributed by atoms with E-state index in [1.807, 2.05) is 36.5 Å². The minimum absolute atomic E-state index is 0.178. The smallest absolute Gasteiger partial charge is 0.284 e. The van der Waals surface area contributed by atoms with Crippen LogP contribution in [0.4, 0.5) is 5.69 Å². The first kappa shape index (κ1) is 22.0. The van der Waals surface area contributed by atoms with Crippen LogP contribution < -0.4 is 10.6 Å². The number of aromatic amines is 1. The highest BCUT2D eigenvalue weighted by Gasteiger charge is 2.19. The number of carbonyl (C=O) groups excluding carboxylic acids is 1. The largest absolute Gasteiger partial charge is 0.451 e. The number of amides is 1. The predicted octanol–water partition coefficient (Wildman–Crippen LogP) is 3.52. The minimum Gasteiger partial charge on any atom is -0.451 e. The van der Waals surface area contributed by atoms with Crippen molar-refractivity contribution in [2.45, 2.75) is 18.9 Å². The monoisotopic (exact) mass is 457 g/mol. The molecule has 1 aliphatic heterocycles. The van der Waals surface area contributed by atoms with Crippen molar-refractivity contribution in [3.63, 3.8) is 0 Å². The maximum absolute atomic E-state index is 11.4. The summed E-state index contributed by atoms with van der Waals surface area (Å²) in [5, 5.41) is 21.7. The van der Waals surface area contributed by atoms with Crippen molar-refractivity contribution in [1.29, 1.82) is 5.26 Å². The first-order valence-corrected chi connectivity index (χ1v) is 11.5. The number of piperazine rings is 1. The lowest BCUT2D eigenvalue weighted by Crippen LogP contribution is -2.46. The number of nitrogens with zero attached hydrogens (tertiary/aromatic N) is 3. The molecule has 1 saturated heterocycles. The first-order chi connectivity index (χ1) is 16.5. The van der Waals surface area contributed by atoms with Gasteiger partial charge in [0.15, 0.2) is 5.76 Å². The van der Waals surface area contributed by atoms with Gasteiger partial charge in [-0.3, -0.25) is 9.69 Å². The number of aliphatic hydroxyl groups excluding tert-OH is 1. The second-order valence-corrected chi connectivity index (χ2v) is 8.80. The molecule has 1 unspecified atom stereocenters. The number of furan rings is 1. The molecular weight excluding hydrogens is 430 g/mol. The van der Waals surface area contributed by atoms with Gasteiger partial charge in [0, 0.05) is 66.0 Å². The first-order valence-electron chi connectivity index (χ1n) is 11.5. The average molecular weight is 458 g/mol. The fraction of sp³-hybridized carbons (Fsp3) is 0.308. The molecule has 8 nitrogen and oxygen atoms in total. The van der Waals surface area contributed by atoms with Gasteiger partial charge in [-0.25, -0.2) is 0 Å². The molecule has 1 aliphatic rings. The summed E-state index contributed by atoms with van der Waals surface area (Å²) in [4.78, 5) is 19.3. The number of nitriles is 1. The Bertz CT molecular complexity index is 1370. The van der Waals surface area contributed by atoms with Crippen LogP contribution in [-0.4, -0.2) is 53.6 Å². The number of hydrogen-bond donors (Lipinski definition) is 3. The van der Waals surface area contributed by atoms with Gasteiger partial charge in [0.25, 0.3) is 5.91 Å². The Hall–Kier alpha value is -3.80. The molecule has 1 amide bonds. The van der Waals surface area contributed by atoms with E-state index in [2.05, 4.69) is 20.9 Å². The number of benzene rings is 2. The summed E-state index contributed by atoms with van der Waals surface area (Å²) in [5.74, 6) is -0.384. The minimum atomic E-state index is -0.562. The quantitative estimate of drug-likeness (QED) is 0.390. The fourth-order valence-electron chi connectivity index (χ4n) is 4.72. The topological polar surface area (TPSA) is 123 Å². The number of aromatic nitrogens is 1. The summed E-state index contributed by atoms with van der Waals surface area (Å²) in [5.41, 5.74) is 9.44. The molecule has 1 fully saturated rings. The zero-order chi connectivity index (χ0) is 23.7. The van der Waals surface area contributed by atoms with Gasteiger partial charge in [0.2, 0.25) is 0 Å². The molecule has 4 aromatic rings. The lowest BCUT2D eigenvalue weighted by atomic mass is 10.0. The molecular formula is C26H27N5O3. The zero-order valence-electron chi connectivity index (χ0n) is 18.8. The van der Waals surface area contributed by atoms with E-state index in [9.17, 15) is 9.90 Å². The lowest BCUT2D eigenvalue weighted by Gasteiger charge is -2.36. The van der Waals surface area contributed by atoms with Gasteiger partial charge in [0.1, 0.15) is 5.58 Å². The Morgan fingerprint density at radius 3 is 2.76 bits per heavy atom. The number of aliphatic hydroxyl groups is 1. The number of H-pyrrole nitrogens is 1. The van der Waals surface area contributed by atoms with Crippen LogP contribution in [0, 0.1) is 11.3 Å². The zero-order valence-corrected chi connectivity index (χ0v) is 18.8. The highest BCUT2D eigenvalue weighted by atomic mass is 16.3. The lowest BCUT2D eigenvalue weighted by molar-refractivity contribution is 0.0976. The molecule has 5 rings (SSSR count). The maximum Gasteiger partial charge on any atom is 0.284 e. The molecule has 8 heteroatoms. The number of nitrogens with two attached hydrogens (primary N) is 1. The number of nitrogens with one attached hydrogen (secondary N) is 1. The summed E-state index contributed by atoms with van der Waals surface area (Å²) >= 11 is 0. The van der Waals surface area contributed by atoms with Crippen molar-refractivity contribution in [3.05, 3.63) is 65.5 Å². The van der Waals surface area contributed by atoms with Crippen LogP contribution in [0.15, 0.2) is 53.1 Å². The number of primary amides is 1. The number of carbonyl (C=O) groups is 1. The second-order valence-electron chi connectivity index (χ2n) is 8.80. The maximum atomic E-state index is 11.4. The van der Waals surface area contributed by atoms with Crippen molar-refractivity contribution >= 4 is 33.5 Å². The van der Waals surface area contributed by atoms with Crippen molar-refractivity contribution in [2.24, 2.45) is 5.73 Å². The van der Waals surface area contributed by atoms with Gasteiger partial charge in [-0.1, -0.05) is 0 Å². The second kappa shape index (κ2) is 9.21. The van der Waals surface area contributed by atoms with Gasteiger partial charge in [-0.15, -0.1) is 0 Å². The Labute approximate surface area is 197 Å². The van der Waals surface area contributed by atoms with Crippen molar-refractivity contribution in [1.82, 2.24) is 9.88 Å². The number of fused-ring (bicyclic) bond motifs is 2. The van der Waals surface area contributed by atoms with Gasteiger partial charge < -0.3 is 25.1 Å². The van der Waals surface area contributed by atoms with Crippen LogP contribution in [0.2, 0.25) is 0 Å². The molecule has 0 spiro atoms. The highest BCUT2D eigenvalue weighted by Crippen LogP contribution is 2.29. The van der Waals surface area contributed by atoms with E-state index < -0.39 is 12.0 Å². The summed E-state index contributed by atoms with van der Waals surface area (Å²) in [6, 6.07) is 15.3. The van der Waals surface area contributed by atoms with E-state index >= 15 is 0 Å². The van der Waals surface area contributed by atoms with Gasteiger partial charge in [-0.05, 0) is 55.8 Å². The third-order valence-corrected chi connectivity index (χ3v) is 6.64. The molecule has 0 radical (unpaired) electrons. The van der Waals surface area contributed by atoms with E-state index in [-0.39, 0.29) is 5.76 Å². The predicted molar refractivity (Wildman–Crippen MR) is 131 cm³/mol. The van der Waals surface area contributed by atoms with Crippen molar-refractivity contribution in [2.75, 3.05) is 37.6 Å². The summed E-state index contributed by atoms with van der Waals surface area (Å²) < 4.78 is 5.57. The molecule has 1 atom stereocenters. The number of hydrogen-bond acceptors (Lipinski definition) is 6. The van der Waals surface area contributed by atoms with Crippen molar-refractivity contribution in [3.8, 4) is 6.07 Å². The molecule has 0 bridgehead atoms. The molecule has 0 saturated carbocycles. The number of rotatable bonds is 7.